The molecule has 7 nitrogen and oxygen atoms in total. The molecule has 0 unspecified atom stereocenters. The molecule has 3 aromatic heterocycles. The van der Waals surface area contributed by atoms with Crippen molar-refractivity contribution in [1.29, 1.82) is 0 Å². The van der Waals surface area contributed by atoms with Gasteiger partial charge in [0.05, 0.1) is 5.69 Å². The van der Waals surface area contributed by atoms with E-state index in [1.165, 1.54) is 17.7 Å². The molecule has 3 rings (SSSR count). The third kappa shape index (κ3) is 3.07. The molecule has 23 heavy (non-hydrogen) atoms. The van der Waals surface area contributed by atoms with Crippen molar-refractivity contribution in [3.8, 4) is 0 Å². The SMILES string of the molecule is Cc1nc(NC(=O)CCc2c(C)nc3ncnn3c2C)sc1C. The van der Waals surface area contributed by atoms with Crippen molar-refractivity contribution in [1.82, 2.24) is 24.6 Å². The minimum absolute atomic E-state index is 0.0452. The van der Waals surface area contributed by atoms with Crippen LogP contribution >= 0.6 is 11.3 Å². The highest BCUT2D eigenvalue weighted by Gasteiger charge is 2.13. The Morgan fingerprint density at radius 2 is 2.00 bits per heavy atom. The van der Waals surface area contributed by atoms with Crippen molar-refractivity contribution in [2.24, 2.45) is 0 Å². The lowest BCUT2D eigenvalue weighted by molar-refractivity contribution is -0.116. The first kappa shape index (κ1) is 15.5. The Labute approximate surface area is 137 Å². The molecule has 1 amide bonds. The number of carbonyl (C=O) groups is 1. The van der Waals surface area contributed by atoms with Gasteiger partial charge in [0.25, 0.3) is 5.78 Å². The first-order valence-corrected chi connectivity index (χ1v) is 8.17. The summed E-state index contributed by atoms with van der Waals surface area (Å²) in [4.78, 5) is 26.1. The van der Waals surface area contributed by atoms with Crippen molar-refractivity contribution < 1.29 is 4.79 Å². The number of carbonyl (C=O) groups excluding carboxylic acids is 1. The van der Waals surface area contributed by atoms with Gasteiger partial charge >= 0.3 is 0 Å². The van der Waals surface area contributed by atoms with Crippen molar-refractivity contribution in [2.45, 2.75) is 40.5 Å². The van der Waals surface area contributed by atoms with Gasteiger partial charge in [0.2, 0.25) is 5.91 Å². The first-order valence-electron chi connectivity index (χ1n) is 7.35. The second-order valence-electron chi connectivity index (χ2n) is 5.44. The summed E-state index contributed by atoms with van der Waals surface area (Å²) in [6.07, 6.45) is 2.47. The van der Waals surface area contributed by atoms with Crippen LogP contribution in [0, 0.1) is 27.7 Å². The van der Waals surface area contributed by atoms with Crippen LogP contribution in [-0.4, -0.2) is 30.5 Å². The lowest BCUT2D eigenvalue weighted by Crippen LogP contribution is -2.14. The summed E-state index contributed by atoms with van der Waals surface area (Å²) in [6.45, 7) is 7.83. The van der Waals surface area contributed by atoms with Crippen molar-refractivity contribution in [3.63, 3.8) is 0 Å². The molecule has 3 aromatic rings. The second-order valence-corrected chi connectivity index (χ2v) is 6.65. The number of thiazole rings is 1. The summed E-state index contributed by atoms with van der Waals surface area (Å²) >= 11 is 1.50. The zero-order chi connectivity index (χ0) is 16.6. The Hall–Kier alpha value is -2.35. The number of nitrogens with one attached hydrogen (secondary N) is 1. The number of hydrogen-bond acceptors (Lipinski definition) is 6. The normalized spacial score (nSPS) is 11.1. The molecule has 0 radical (unpaired) electrons. The molecule has 0 aliphatic carbocycles. The molecule has 0 fully saturated rings. The maximum atomic E-state index is 12.1. The molecular formula is C15H18N6OS. The average molecular weight is 330 g/mol. The highest BCUT2D eigenvalue weighted by atomic mass is 32.1. The molecule has 0 bridgehead atoms. The van der Waals surface area contributed by atoms with Gasteiger partial charge in [-0.15, -0.1) is 11.3 Å². The summed E-state index contributed by atoms with van der Waals surface area (Å²) in [5.74, 6) is 0.540. The van der Waals surface area contributed by atoms with Gasteiger partial charge in [0, 0.05) is 22.7 Å². The van der Waals surface area contributed by atoms with Crippen LogP contribution in [0.25, 0.3) is 5.78 Å². The third-order valence-corrected chi connectivity index (χ3v) is 4.85. The molecule has 0 aromatic carbocycles. The van der Waals surface area contributed by atoms with Gasteiger partial charge in [0.15, 0.2) is 5.13 Å². The number of aromatic nitrogens is 5. The van der Waals surface area contributed by atoms with E-state index in [0.717, 1.165) is 27.5 Å². The number of aryl methyl sites for hydroxylation is 4. The summed E-state index contributed by atoms with van der Waals surface area (Å²) in [7, 11) is 0. The number of fused-ring (bicyclic) bond motifs is 1. The van der Waals surface area contributed by atoms with Gasteiger partial charge in [-0.25, -0.2) is 14.5 Å². The fraction of sp³-hybridized carbons (Fsp3) is 0.400. The quantitative estimate of drug-likeness (QED) is 0.794. The molecule has 1 N–H and O–H groups in total. The molecule has 8 heteroatoms. The number of hydrogen-bond donors (Lipinski definition) is 1. The van der Waals surface area contributed by atoms with Crippen LogP contribution in [-0.2, 0) is 11.2 Å². The Bertz CT molecular complexity index is 862. The predicted molar refractivity (Wildman–Crippen MR) is 88.8 cm³/mol. The maximum absolute atomic E-state index is 12.1. The Balaban J connectivity index is 1.71. The van der Waals surface area contributed by atoms with Gasteiger partial charge < -0.3 is 5.32 Å². The van der Waals surface area contributed by atoms with Gasteiger partial charge in [-0.2, -0.15) is 10.1 Å². The zero-order valence-electron chi connectivity index (χ0n) is 13.5. The summed E-state index contributed by atoms with van der Waals surface area (Å²) < 4.78 is 1.70. The van der Waals surface area contributed by atoms with Crippen LogP contribution in [0.15, 0.2) is 6.33 Å². The van der Waals surface area contributed by atoms with Gasteiger partial charge in [0.1, 0.15) is 6.33 Å². The van der Waals surface area contributed by atoms with E-state index in [-0.39, 0.29) is 5.91 Å². The average Bonchev–Trinajstić information content (AvgIpc) is 3.06. The molecule has 3 heterocycles. The molecule has 0 aliphatic heterocycles. The highest BCUT2D eigenvalue weighted by Crippen LogP contribution is 2.21. The Kier molecular flexibility index (Phi) is 4.08. The monoisotopic (exact) mass is 330 g/mol. The van der Waals surface area contributed by atoms with E-state index in [1.54, 1.807) is 4.52 Å². The maximum Gasteiger partial charge on any atom is 0.252 e. The molecule has 0 atom stereocenters. The lowest BCUT2D eigenvalue weighted by atomic mass is 10.1. The van der Waals surface area contributed by atoms with Crippen LogP contribution in [0.1, 0.15) is 33.9 Å². The minimum atomic E-state index is -0.0452. The minimum Gasteiger partial charge on any atom is -0.302 e. The van der Waals surface area contributed by atoms with Crippen molar-refractivity contribution >= 4 is 28.2 Å². The predicted octanol–water partition coefficient (Wildman–Crippen LogP) is 2.39. The standard InChI is InChI=1S/C15H18N6OS/c1-8-11(4)23-15(19-8)20-13(22)6-5-12-9(2)18-14-16-7-17-21(14)10(12)3/h7H,5-6H2,1-4H3,(H,19,20,22). The van der Waals surface area contributed by atoms with Crippen LogP contribution in [0.3, 0.4) is 0 Å². The second kappa shape index (κ2) is 6.04. The molecule has 0 spiro atoms. The lowest BCUT2D eigenvalue weighted by Gasteiger charge is -2.10. The Morgan fingerprint density at radius 3 is 2.70 bits per heavy atom. The molecule has 120 valence electrons. The summed E-state index contributed by atoms with van der Waals surface area (Å²) in [5, 5.41) is 7.68. The molecule has 0 aliphatic rings. The van der Waals surface area contributed by atoms with E-state index in [2.05, 4.69) is 25.4 Å². The fourth-order valence-corrected chi connectivity index (χ4v) is 3.29. The number of rotatable bonds is 4. The van der Waals surface area contributed by atoms with Gasteiger partial charge in [-0.05, 0) is 39.7 Å². The first-order chi connectivity index (χ1) is 11.0. The van der Waals surface area contributed by atoms with Crippen LogP contribution < -0.4 is 5.32 Å². The van der Waals surface area contributed by atoms with Gasteiger partial charge in [-0.3, -0.25) is 4.79 Å². The largest absolute Gasteiger partial charge is 0.302 e. The smallest absolute Gasteiger partial charge is 0.252 e. The van der Waals surface area contributed by atoms with Crippen LogP contribution in [0.5, 0.6) is 0 Å². The van der Waals surface area contributed by atoms with E-state index in [9.17, 15) is 4.79 Å². The fourth-order valence-electron chi connectivity index (χ4n) is 2.46. The van der Waals surface area contributed by atoms with Gasteiger partial charge in [-0.1, -0.05) is 0 Å². The van der Waals surface area contributed by atoms with E-state index in [0.29, 0.717) is 23.8 Å². The number of anilines is 1. The zero-order valence-corrected chi connectivity index (χ0v) is 14.4. The van der Waals surface area contributed by atoms with Crippen molar-refractivity contribution in [2.75, 3.05) is 5.32 Å². The van der Waals surface area contributed by atoms with E-state index < -0.39 is 0 Å². The van der Waals surface area contributed by atoms with Crippen LogP contribution in [0.4, 0.5) is 5.13 Å². The van der Waals surface area contributed by atoms with E-state index in [1.807, 2.05) is 27.7 Å². The van der Waals surface area contributed by atoms with Crippen molar-refractivity contribution in [3.05, 3.63) is 33.8 Å². The van der Waals surface area contributed by atoms with Crippen LogP contribution in [0.2, 0.25) is 0 Å². The topological polar surface area (TPSA) is 85.1 Å². The molecule has 0 saturated carbocycles. The van der Waals surface area contributed by atoms with E-state index in [4.69, 9.17) is 0 Å². The highest BCUT2D eigenvalue weighted by molar-refractivity contribution is 7.15. The Morgan fingerprint density at radius 1 is 1.22 bits per heavy atom. The number of nitrogens with zero attached hydrogens (tertiary/aromatic N) is 5. The third-order valence-electron chi connectivity index (χ3n) is 3.87. The summed E-state index contributed by atoms with van der Waals surface area (Å²) in [5.41, 5.74) is 3.85. The number of amides is 1. The molecule has 0 saturated heterocycles. The van der Waals surface area contributed by atoms with E-state index >= 15 is 0 Å². The summed E-state index contributed by atoms with van der Waals surface area (Å²) in [6, 6.07) is 0. The molecular weight excluding hydrogens is 312 g/mol.